The van der Waals surface area contributed by atoms with Crippen LogP contribution < -0.4 is 15.2 Å². The van der Waals surface area contributed by atoms with E-state index in [0.29, 0.717) is 37.3 Å². The quantitative estimate of drug-likeness (QED) is 0.687. The minimum atomic E-state index is -3.45. The highest BCUT2D eigenvalue weighted by Crippen LogP contribution is 2.38. The molecule has 1 aliphatic carbocycles. The number of hydrogen-bond donors (Lipinski definition) is 3. The summed E-state index contributed by atoms with van der Waals surface area (Å²) in [5.41, 5.74) is 4.92. The van der Waals surface area contributed by atoms with Crippen LogP contribution in [0.3, 0.4) is 0 Å². The molecule has 1 fully saturated rings. The number of aliphatic hydroxyl groups is 1. The van der Waals surface area contributed by atoms with Crippen molar-refractivity contribution in [1.82, 2.24) is 4.72 Å². The van der Waals surface area contributed by atoms with E-state index in [9.17, 15) is 13.5 Å². The van der Waals surface area contributed by atoms with Crippen molar-refractivity contribution in [3.63, 3.8) is 0 Å². The fourth-order valence-corrected chi connectivity index (χ4v) is 3.99. The summed E-state index contributed by atoms with van der Waals surface area (Å²) < 4.78 is 32.6. The molecule has 7 heteroatoms. The Morgan fingerprint density at radius 2 is 2.00 bits per heavy atom. The number of hydrogen-bond acceptors (Lipinski definition) is 5. The Bertz CT molecular complexity index is 630. The molecule has 0 aliphatic heterocycles. The Kier molecular flexibility index (Phi) is 6.25. The fraction of sp³-hybridized carbons (Fsp3) is 0.647. The van der Waals surface area contributed by atoms with Crippen LogP contribution in [-0.4, -0.2) is 38.0 Å². The van der Waals surface area contributed by atoms with Gasteiger partial charge in [0.2, 0.25) is 10.0 Å². The molecule has 0 amide bonds. The molecule has 4 N–H and O–H groups in total. The molecule has 0 spiro atoms. The topological polar surface area (TPSA) is 102 Å². The molecule has 2 rings (SSSR count). The molecule has 1 aliphatic rings. The molecule has 24 heavy (non-hydrogen) atoms. The first kappa shape index (κ1) is 19.2. The van der Waals surface area contributed by atoms with Gasteiger partial charge in [-0.05, 0) is 44.4 Å². The average Bonchev–Trinajstić information content (AvgIpc) is 2.55. The van der Waals surface area contributed by atoms with Crippen LogP contribution in [0.2, 0.25) is 0 Å². The van der Waals surface area contributed by atoms with E-state index in [4.69, 9.17) is 10.5 Å². The number of nitrogens with one attached hydrogen (secondary N) is 1. The van der Waals surface area contributed by atoms with E-state index in [-0.39, 0.29) is 0 Å². The third-order valence-corrected chi connectivity index (χ3v) is 6.40. The molecule has 0 bridgehead atoms. The SMILES string of the molecule is CC(C)S(=O)(=O)N[C@H]1CCCCC1(O)c1ccc(OCCN)cc1. The van der Waals surface area contributed by atoms with E-state index < -0.39 is 26.9 Å². The molecule has 0 heterocycles. The van der Waals surface area contributed by atoms with Crippen molar-refractivity contribution >= 4 is 10.0 Å². The van der Waals surface area contributed by atoms with Crippen LogP contribution in [-0.2, 0) is 15.6 Å². The lowest BCUT2D eigenvalue weighted by atomic mass is 9.76. The second kappa shape index (κ2) is 7.82. The lowest BCUT2D eigenvalue weighted by Crippen LogP contribution is -2.53. The maximum Gasteiger partial charge on any atom is 0.214 e. The summed E-state index contributed by atoms with van der Waals surface area (Å²) in [6.45, 7) is 4.13. The summed E-state index contributed by atoms with van der Waals surface area (Å²) in [6.07, 6.45) is 2.91. The first-order valence-electron chi connectivity index (χ1n) is 8.46. The van der Waals surface area contributed by atoms with Gasteiger partial charge >= 0.3 is 0 Å². The van der Waals surface area contributed by atoms with Gasteiger partial charge in [0.05, 0.1) is 11.3 Å². The van der Waals surface area contributed by atoms with Crippen molar-refractivity contribution in [2.75, 3.05) is 13.2 Å². The van der Waals surface area contributed by atoms with Gasteiger partial charge in [-0.2, -0.15) is 0 Å². The van der Waals surface area contributed by atoms with Gasteiger partial charge in [0.25, 0.3) is 0 Å². The monoisotopic (exact) mass is 356 g/mol. The van der Waals surface area contributed by atoms with E-state index in [1.54, 1.807) is 38.1 Å². The van der Waals surface area contributed by atoms with Crippen molar-refractivity contribution in [1.29, 1.82) is 0 Å². The summed E-state index contributed by atoms with van der Waals surface area (Å²) in [4.78, 5) is 0. The lowest BCUT2D eigenvalue weighted by Gasteiger charge is -2.41. The molecular weight excluding hydrogens is 328 g/mol. The summed E-state index contributed by atoms with van der Waals surface area (Å²) in [5, 5.41) is 10.7. The Labute approximate surface area is 144 Å². The van der Waals surface area contributed by atoms with Crippen molar-refractivity contribution in [3.8, 4) is 5.75 Å². The highest BCUT2D eigenvalue weighted by Gasteiger charge is 2.42. The predicted molar refractivity (Wildman–Crippen MR) is 94.3 cm³/mol. The zero-order valence-corrected chi connectivity index (χ0v) is 15.2. The van der Waals surface area contributed by atoms with E-state index >= 15 is 0 Å². The molecule has 0 radical (unpaired) electrons. The Morgan fingerprint density at radius 3 is 2.58 bits per heavy atom. The summed E-state index contributed by atoms with van der Waals surface area (Å²) in [6, 6.07) is 6.65. The van der Waals surface area contributed by atoms with Crippen LogP contribution in [0, 0.1) is 0 Å². The second-order valence-corrected chi connectivity index (χ2v) is 8.86. The van der Waals surface area contributed by atoms with Gasteiger partial charge in [-0.1, -0.05) is 25.0 Å². The van der Waals surface area contributed by atoms with Crippen LogP contribution in [0.25, 0.3) is 0 Å². The number of ether oxygens (including phenoxy) is 1. The normalized spacial score (nSPS) is 25.0. The van der Waals surface area contributed by atoms with Gasteiger partial charge < -0.3 is 15.6 Å². The van der Waals surface area contributed by atoms with E-state index in [2.05, 4.69) is 4.72 Å². The van der Waals surface area contributed by atoms with Gasteiger partial charge in [-0.3, -0.25) is 0 Å². The van der Waals surface area contributed by atoms with E-state index in [1.165, 1.54) is 0 Å². The van der Waals surface area contributed by atoms with E-state index in [0.717, 1.165) is 12.8 Å². The Hall–Kier alpha value is -1.15. The molecule has 6 nitrogen and oxygen atoms in total. The van der Waals surface area contributed by atoms with Crippen LogP contribution in [0.4, 0.5) is 0 Å². The van der Waals surface area contributed by atoms with Crippen LogP contribution in [0.5, 0.6) is 5.75 Å². The van der Waals surface area contributed by atoms with E-state index in [1.807, 2.05) is 0 Å². The lowest BCUT2D eigenvalue weighted by molar-refractivity contribution is -0.0250. The molecule has 136 valence electrons. The smallest absolute Gasteiger partial charge is 0.214 e. The van der Waals surface area contributed by atoms with Crippen LogP contribution >= 0.6 is 0 Å². The summed E-state index contributed by atoms with van der Waals surface area (Å²) >= 11 is 0. The largest absolute Gasteiger partial charge is 0.492 e. The van der Waals surface area contributed by atoms with Crippen molar-refractivity contribution < 1.29 is 18.3 Å². The second-order valence-electron chi connectivity index (χ2n) is 6.60. The Balaban J connectivity index is 2.23. The maximum atomic E-state index is 12.2. The van der Waals surface area contributed by atoms with Crippen molar-refractivity contribution in [2.45, 2.75) is 56.4 Å². The zero-order chi connectivity index (χ0) is 17.8. The molecule has 1 unspecified atom stereocenters. The highest BCUT2D eigenvalue weighted by atomic mass is 32.2. The third kappa shape index (κ3) is 4.27. The fourth-order valence-electron chi connectivity index (χ4n) is 3.01. The summed E-state index contributed by atoms with van der Waals surface area (Å²) in [7, 11) is -3.45. The van der Waals surface area contributed by atoms with Crippen molar-refractivity contribution in [3.05, 3.63) is 29.8 Å². The molecule has 2 atom stereocenters. The number of benzene rings is 1. The highest BCUT2D eigenvalue weighted by molar-refractivity contribution is 7.90. The molecule has 0 saturated heterocycles. The number of rotatable bonds is 7. The van der Waals surface area contributed by atoms with Gasteiger partial charge in [0.1, 0.15) is 18.0 Å². The summed E-state index contributed by atoms with van der Waals surface area (Å²) in [5.74, 6) is 0.683. The standard InChI is InChI=1S/C17H28N2O4S/c1-13(2)24(21,22)19-16-5-3-4-10-17(16,20)14-6-8-15(9-7-14)23-12-11-18/h6-9,13,16,19-20H,3-5,10-12,18H2,1-2H3/t16-,17?/m0/s1. The first-order chi connectivity index (χ1) is 11.3. The maximum absolute atomic E-state index is 12.2. The molecule has 1 aromatic rings. The van der Waals surface area contributed by atoms with Crippen LogP contribution in [0.1, 0.15) is 45.1 Å². The van der Waals surface area contributed by atoms with Crippen molar-refractivity contribution in [2.24, 2.45) is 5.73 Å². The van der Waals surface area contributed by atoms with Gasteiger partial charge in [0.15, 0.2) is 0 Å². The average molecular weight is 356 g/mol. The van der Waals surface area contributed by atoms with Gasteiger partial charge in [-0.25, -0.2) is 13.1 Å². The molecule has 1 saturated carbocycles. The molecular formula is C17H28N2O4S. The third-order valence-electron chi connectivity index (χ3n) is 4.55. The number of sulfonamides is 1. The molecule has 0 aromatic heterocycles. The zero-order valence-electron chi connectivity index (χ0n) is 14.4. The first-order valence-corrected chi connectivity index (χ1v) is 10.0. The number of nitrogens with two attached hydrogens (primary N) is 1. The predicted octanol–water partition coefficient (Wildman–Crippen LogP) is 1.48. The van der Waals surface area contributed by atoms with Crippen LogP contribution in [0.15, 0.2) is 24.3 Å². The Morgan fingerprint density at radius 1 is 1.33 bits per heavy atom. The molecule has 1 aromatic carbocycles. The minimum absolute atomic E-state index is 0.431. The minimum Gasteiger partial charge on any atom is -0.492 e. The van der Waals surface area contributed by atoms with Gasteiger partial charge in [0, 0.05) is 6.54 Å². The van der Waals surface area contributed by atoms with Gasteiger partial charge in [-0.15, -0.1) is 0 Å².